The van der Waals surface area contributed by atoms with Crippen LogP contribution in [0.25, 0.3) is 0 Å². The molecule has 74 valence electrons. The summed E-state index contributed by atoms with van der Waals surface area (Å²) in [6, 6.07) is 2.16. The molecule has 3 heteroatoms. The van der Waals surface area contributed by atoms with E-state index in [-0.39, 0.29) is 0 Å². The van der Waals surface area contributed by atoms with Crippen LogP contribution in [0.3, 0.4) is 0 Å². The molecule has 1 saturated heterocycles. The van der Waals surface area contributed by atoms with Gasteiger partial charge in [-0.25, -0.2) is 5.01 Å². The standard InChI is InChI=1S/C10H19N3/c11-7-3-1-4-8-12-13-9-5-2-6-10-13/h12H,1-6,8-10H2. The van der Waals surface area contributed by atoms with Crippen LogP contribution >= 0.6 is 0 Å². The number of unbranched alkanes of at least 4 members (excludes halogenated alkanes) is 2. The third-order valence-corrected chi connectivity index (χ3v) is 2.41. The van der Waals surface area contributed by atoms with Gasteiger partial charge in [0, 0.05) is 26.1 Å². The van der Waals surface area contributed by atoms with E-state index in [1.54, 1.807) is 0 Å². The molecule has 0 atom stereocenters. The quantitative estimate of drug-likeness (QED) is 0.656. The summed E-state index contributed by atoms with van der Waals surface area (Å²) in [5.41, 5.74) is 3.40. The molecule has 13 heavy (non-hydrogen) atoms. The fraction of sp³-hybridized carbons (Fsp3) is 0.900. The lowest BCUT2D eigenvalue weighted by atomic mass is 10.2. The van der Waals surface area contributed by atoms with Crippen LogP contribution < -0.4 is 5.43 Å². The Bertz CT molecular complexity index is 156. The number of nitrogens with one attached hydrogen (secondary N) is 1. The number of rotatable bonds is 5. The summed E-state index contributed by atoms with van der Waals surface area (Å²) < 4.78 is 0. The lowest BCUT2D eigenvalue weighted by molar-refractivity contribution is 0.153. The van der Waals surface area contributed by atoms with E-state index in [1.807, 2.05) is 0 Å². The minimum atomic E-state index is 0.696. The van der Waals surface area contributed by atoms with Crippen LogP contribution in [0.2, 0.25) is 0 Å². The molecule has 0 aromatic rings. The van der Waals surface area contributed by atoms with E-state index < -0.39 is 0 Å². The lowest BCUT2D eigenvalue weighted by Crippen LogP contribution is -2.41. The number of nitriles is 1. The van der Waals surface area contributed by atoms with E-state index in [4.69, 9.17) is 5.26 Å². The second-order valence-corrected chi connectivity index (χ2v) is 3.57. The molecule has 0 bridgehead atoms. The molecule has 1 fully saturated rings. The predicted molar refractivity (Wildman–Crippen MR) is 52.9 cm³/mol. The Hall–Kier alpha value is -0.590. The molecule has 0 amide bonds. The molecule has 0 saturated carbocycles. The van der Waals surface area contributed by atoms with Gasteiger partial charge < -0.3 is 0 Å². The average Bonchev–Trinajstić information content (AvgIpc) is 2.19. The van der Waals surface area contributed by atoms with Crippen LogP contribution in [0.15, 0.2) is 0 Å². The van der Waals surface area contributed by atoms with Crippen molar-refractivity contribution >= 4 is 0 Å². The molecule has 1 N–H and O–H groups in total. The summed E-state index contributed by atoms with van der Waals surface area (Å²) in [5, 5.41) is 10.6. The summed E-state index contributed by atoms with van der Waals surface area (Å²) in [6.45, 7) is 3.41. The Morgan fingerprint density at radius 3 is 2.62 bits per heavy atom. The van der Waals surface area contributed by atoms with Gasteiger partial charge in [0.25, 0.3) is 0 Å². The molecule has 0 aromatic heterocycles. The van der Waals surface area contributed by atoms with E-state index in [0.29, 0.717) is 6.42 Å². The zero-order valence-electron chi connectivity index (χ0n) is 8.26. The normalized spacial score (nSPS) is 18.4. The highest BCUT2D eigenvalue weighted by Crippen LogP contribution is 2.05. The molecule has 1 aliphatic rings. The van der Waals surface area contributed by atoms with E-state index in [0.717, 1.165) is 19.4 Å². The summed E-state index contributed by atoms with van der Waals surface area (Å²) in [4.78, 5) is 0. The maximum atomic E-state index is 8.33. The summed E-state index contributed by atoms with van der Waals surface area (Å²) in [7, 11) is 0. The Morgan fingerprint density at radius 2 is 1.92 bits per heavy atom. The number of hydrogen-bond donors (Lipinski definition) is 1. The maximum absolute atomic E-state index is 8.33. The minimum absolute atomic E-state index is 0.696. The van der Waals surface area contributed by atoms with E-state index in [1.165, 1.54) is 32.4 Å². The van der Waals surface area contributed by atoms with Gasteiger partial charge in [0.15, 0.2) is 0 Å². The highest BCUT2D eigenvalue weighted by molar-refractivity contribution is 4.68. The van der Waals surface area contributed by atoms with Gasteiger partial charge in [-0.1, -0.05) is 6.42 Å². The Labute approximate surface area is 80.7 Å². The van der Waals surface area contributed by atoms with Crippen molar-refractivity contribution < 1.29 is 0 Å². The smallest absolute Gasteiger partial charge is 0.0621 e. The fourth-order valence-corrected chi connectivity index (χ4v) is 1.62. The summed E-state index contributed by atoms with van der Waals surface area (Å²) in [6.07, 6.45) is 6.87. The summed E-state index contributed by atoms with van der Waals surface area (Å²) in [5.74, 6) is 0. The van der Waals surface area contributed by atoms with Crippen molar-refractivity contribution in [3.63, 3.8) is 0 Å². The van der Waals surface area contributed by atoms with Crippen molar-refractivity contribution in [2.75, 3.05) is 19.6 Å². The van der Waals surface area contributed by atoms with E-state index >= 15 is 0 Å². The Morgan fingerprint density at radius 1 is 1.15 bits per heavy atom. The van der Waals surface area contributed by atoms with Crippen LogP contribution in [-0.4, -0.2) is 24.6 Å². The molecule has 0 radical (unpaired) electrons. The first kappa shape index (κ1) is 10.5. The topological polar surface area (TPSA) is 39.1 Å². The van der Waals surface area contributed by atoms with Crippen molar-refractivity contribution in [2.24, 2.45) is 0 Å². The van der Waals surface area contributed by atoms with Gasteiger partial charge in [-0.05, 0) is 25.7 Å². The predicted octanol–water partition coefficient (Wildman–Crippen LogP) is 1.67. The first-order chi connectivity index (χ1) is 6.43. The maximum Gasteiger partial charge on any atom is 0.0621 e. The molecule has 0 spiro atoms. The minimum Gasteiger partial charge on any atom is -0.255 e. The number of hydrazine groups is 1. The van der Waals surface area contributed by atoms with Crippen LogP contribution in [0, 0.1) is 11.3 Å². The molecule has 1 rings (SSSR count). The van der Waals surface area contributed by atoms with Gasteiger partial charge in [0.05, 0.1) is 6.07 Å². The average molecular weight is 181 g/mol. The molecule has 0 unspecified atom stereocenters. The van der Waals surface area contributed by atoms with Gasteiger partial charge in [-0.2, -0.15) is 5.26 Å². The Balaban J connectivity index is 1.90. The van der Waals surface area contributed by atoms with Crippen molar-refractivity contribution in [3.8, 4) is 6.07 Å². The molecule has 1 heterocycles. The van der Waals surface area contributed by atoms with E-state index in [9.17, 15) is 0 Å². The number of piperidine rings is 1. The summed E-state index contributed by atoms with van der Waals surface area (Å²) >= 11 is 0. The second-order valence-electron chi connectivity index (χ2n) is 3.57. The fourth-order valence-electron chi connectivity index (χ4n) is 1.62. The van der Waals surface area contributed by atoms with Crippen LogP contribution in [-0.2, 0) is 0 Å². The van der Waals surface area contributed by atoms with Gasteiger partial charge in [0.2, 0.25) is 0 Å². The van der Waals surface area contributed by atoms with Gasteiger partial charge >= 0.3 is 0 Å². The molecule has 3 nitrogen and oxygen atoms in total. The van der Waals surface area contributed by atoms with Crippen molar-refractivity contribution in [3.05, 3.63) is 0 Å². The monoisotopic (exact) mass is 181 g/mol. The molecule has 0 aromatic carbocycles. The first-order valence-electron chi connectivity index (χ1n) is 5.29. The van der Waals surface area contributed by atoms with Crippen LogP contribution in [0.4, 0.5) is 0 Å². The highest BCUT2D eigenvalue weighted by atomic mass is 15.5. The molecular formula is C10H19N3. The van der Waals surface area contributed by atoms with Crippen molar-refractivity contribution in [2.45, 2.75) is 38.5 Å². The van der Waals surface area contributed by atoms with Gasteiger partial charge in [0.1, 0.15) is 0 Å². The van der Waals surface area contributed by atoms with Crippen molar-refractivity contribution in [1.82, 2.24) is 10.4 Å². The Kier molecular flexibility index (Phi) is 5.55. The zero-order chi connectivity index (χ0) is 9.36. The van der Waals surface area contributed by atoms with Crippen LogP contribution in [0.5, 0.6) is 0 Å². The SMILES string of the molecule is N#CCCCCNN1CCCCC1. The van der Waals surface area contributed by atoms with Crippen LogP contribution in [0.1, 0.15) is 38.5 Å². The second kappa shape index (κ2) is 6.88. The third kappa shape index (κ3) is 4.87. The lowest BCUT2D eigenvalue weighted by Gasteiger charge is -2.26. The largest absolute Gasteiger partial charge is 0.255 e. The molecule has 0 aliphatic carbocycles. The molecule has 1 aliphatic heterocycles. The highest BCUT2D eigenvalue weighted by Gasteiger charge is 2.07. The molecular weight excluding hydrogens is 162 g/mol. The third-order valence-electron chi connectivity index (χ3n) is 2.41. The zero-order valence-corrected chi connectivity index (χ0v) is 8.26. The first-order valence-corrected chi connectivity index (χ1v) is 5.29. The van der Waals surface area contributed by atoms with Crippen molar-refractivity contribution in [1.29, 1.82) is 5.26 Å². The number of nitrogens with zero attached hydrogens (tertiary/aromatic N) is 2. The van der Waals surface area contributed by atoms with E-state index in [2.05, 4.69) is 16.5 Å². The van der Waals surface area contributed by atoms with Gasteiger partial charge in [-0.3, -0.25) is 5.43 Å². The number of hydrogen-bond acceptors (Lipinski definition) is 3. The van der Waals surface area contributed by atoms with Gasteiger partial charge in [-0.15, -0.1) is 0 Å².